The Balaban J connectivity index is 1.82. The van der Waals surface area contributed by atoms with Gasteiger partial charge in [0, 0.05) is 16.8 Å². The third kappa shape index (κ3) is 3.79. The number of nitrogens with one attached hydrogen (secondary N) is 1. The van der Waals surface area contributed by atoms with Crippen molar-refractivity contribution in [2.45, 2.75) is 64.8 Å². The van der Waals surface area contributed by atoms with Crippen molar-refractivity contribution in [3.63, 3.8) is 0 Å². The molecule has 0 spiro atoms. The fraction of sp³-hybridized carbons (Fsp3) is 0.800. The maximum atomic E-state index is 4.78. The van der Waals surface area contributed by atoms with E-state index in [4.69, 9.17) is 4.98 Å². The van der Waals surface area contributed by atoms with Crippen LogP contribution in [0.5, 0.6) is 0 Å². The first-order valence-electron chi connectivity index (χ1n) is 7.13. The van der Waals surface area contributed by atoms with Crippen LogP contribution in [0.25, 0.3) is 0 Å². The minimum absolute atomic E-state index is 0.191. The zero-order valence-corrected chi connectivity index (χ0v) is 12.9. The highest BCUT2D eigenvalue weighted by Crippen LogP contribution is 2.26. The summed E-state index contributed by atoms with van der Waals surface area (Å²) < 4.78 is 0. The van der Waals surface area contributed by atoms with Gasteiger partial charge in [0.15, 0.2) is 0 Å². The van der Waals surface area contributed by atoms with Crippen molar-refractivity contribution in [3.8, 4) is 0 Å². The molecule has 0 aliphatic carbocycles. The van der Waals surface area contributed by atoms with Crippen molar-refractivity contribution in [2.24, 2.45) is 5.92 Å². The van der Waals surface area contributed by atoms with Crippen LogP contribution >= 0.6 is 11.3 Å². The van der Waals surface area contributed by atoms with Crippen LogP contribution < -0.4 is 5.32 Å². The van der Waals surface area contributed by atoms with Gasteiger partial charge in [-0.25, -0.2) is 4.98 Å². The number of aromatic nitrogens is 1. The van der Waals surface area contributed by atoms with Gasteiger partial charge in [0.25, 0.3) is 0 Å². The number of rotatable bonds is 3. The van der Waals surface area contributed by atoms with E-state index in [1.54, 1.807) is 0 Å². The van der Waals surface area contributed by atoms with E-state index in [9.17, 15) is 0 Å². The zero-order valence-electron chi connectivity index (χ0n) is 12.1. The molecule has 2 atom stereocenters. The van der Waals surface area contributed by atoms with E-state index in [1.807, 2.05) is 11.3 Å². The quantitative estimate of drug-likeness (QED) is 0.901. The Kier molecular flexibility index (Phi) is 4.44. The smallest absolute Gasteiger partial charge is 0.0928 e. The van der Waals surface area contributed by atoms with Crippen molar-refractivity contribution in [2.75, 3.05) is 6.54 Å². The molecule has 3 heteroatoms. The van der Waals surface area contributed by atoms with E-state index in [0.717, 1.165) is 12.3 Å². The topological polar surface area (TPSA) is 24.9 Å². The second-order valence-electron chi connectivity index (χ2n) is 6.67. The van der Waals surface area contributed by atoms with Crippen molar-refractivity contribution in [3.05, 3.63) is 16.1 Å². The first-order chi connectivity index (χ1) is 8.45. The molecule has 2 unspecified atom stereocenters. The SMILES string of the molecule is CC1CCC(CCc2nc(C(C)(C)C)cs2)CN1. The molecule has 2 nitrogen and oxygen atoms in total. The van der Waals surface area contributed by atoms with Crippen LogP contribution in [-0.4, -0.2) is 17.6 Å². The molecule has 0 radical (unpaired) electrons. The molecule has 2 heterocycles. The lowest BCUT2D eigenvalue weighted by Crippen LogP contribution is -2.36. The van der Waals surface area contributed by atoms with Gasteiger partial charge in [-0.1, -0.05) is 20.8 Å². The van der Waals surface area contributed by atoms with E-state index >= 15 is 0 Å². The largest absolute Gasteiger partial charge is 0.314 e. The van der Waals surface area contributed by atoms with E-state index < -0.39 is 0 Å². The van der Waals surface area contributed by atoms with Gasteiger partial charge in [0.1, 0.15) is 0 Å². The van der Waals surface area contributed by atoms with Crippen LogP contribution in [0.3, 0.4) is 0 Å². The summed E-state index contributed by atoms with van der Waals surface area (Å²) in [6, 6.07) is 0.716. The van der Waals surface area contributed by atoms with Gasteiger partial charge in [0.05, 0.1) is 10.7 Å². The van der Waals surface area contributed by atoms with Gasteiger partial charge in [0.2, 0.25) is 0 Å². The summed E-state index contributed by atoms with van der Waals surface area (Å²) in [5.74, 6) is 0.850. The standard InChI is InChI=1S/C15H26N2S/c1-11-5-6-12(9-16-11)7-8-14-17-13(10-18-14)15(2,3)4/h10-12,16H,5-9H2,1-4H3. The zero-order chi connectivity index (χ0) is 13.2. The molecule has 1 fully saturated rings. The molecule has 1 aliphatic heterocycles. The van der Waals surface area contributed by atoms with Crippen LogP contribution in [0.2, 0.25) is 0 Å². The average Bonchev–Trinajstić information content (AvgIpc) is 2.77. The highest BCUT2D eigenvalue weighted by atomic mass is 32.1. The third-order valence-corrected chi connectivity index (χ3v) is 4.76. The number of hydrogen-bond acceptors (Lipinski definition) is 3. The van der Waals surface area contributed by atoms with Crippen molar-refractivity contribution in [1.29, 1.82) is 0 Å². The summed E-state index contributed by atoms with van der Waals surface area (Å²) in [7, 11) is 0. The van der Waals surface area contributed by atoms with E-state index in [-0.39, 0.29) is 5.41 Å². The fourth-order valence-electron chi connectivity index (χ4n) is 2.40. The van der Waals surface area contributed by atoms with Crippen LogP contribution in [0, 0.1) is 5.92 Å². The second kappa shape index (κ2) is 5.70. The molecule has 1 aromatic rings. The monoisotopic (exact) mass is 266 g/mol. The van der Waals surface area contributed by atoms with E-state index in [0.29, 0.717) is 6.04 Å². The van der Waals surface area contributed by atoms with Gasteiger partial charge in [-0.3, -0.25) is 0 Å². The molecule has 18 heavy (non-hydrogen) atoms. The van der Waals surface area contributed by atoms with Crippen molar-refractivity contribution >= 4 is 11.3 Å². The number of aryl methyl sites for hydroxylation is 1. The molecule has 1 aliphatic rings. The summed E-state index contributed by atoms with van der Waals surface area (Å²) in [6.45, 7) is 10.2. The van der Waals surface area contributed by atoms with Crippen LogP contribution in [0.4, 0.5) is 0 Å². The van der Waals surface area contributed by atoms with Crippen molar-refractivity contribution < 1.29 is 0 Å². The predicted octanol–water partition coefficient (Wildman–Crippen LogP) is 3.76. The Hall–Kier alpha value is -0.410. The third-order valence-electron chi connectivity index (χ3n) is 3.85. The highest BCUT2D eigenvalue weighted by Gasteiger charge is 2.20. The molecule has 1 saturated heterocycles. The molecule has 0 aromatic carbocycles. The van der Waals surface area contributed by atoms with Gasteiger partial charge in [-0.2, -0.15) is 0 Å². The first kappa shape index (κ1) is 14.0. The lowest BCUT2D eigenvalue weighted by atomic mass is 9.91. The van der Waals surface area contributed by atoms with Gasteiger partial charge < -0.3 is 5.32 Å². The van der Waals surface area contributed by atoms with E-state index in [1.165, 1.54) is 36.5 Å². The molecule has 2 rings (SSSR count). The summed E-state index contributed by atoms with van der Waals surface area (Å²) >= 11 is 1.83. The van der Waals surface area contributed by atoms with E-state index in [2.05, 4.69) is 38.4 Å². The fourth-order valence-corrected chi connectivity index (χ4v) is 3.44. The number of piperidine rings is 1. The lowest BCUT2D eigenvalue weighted by molar-refractivity contribution is 0.309. The first-order valence-corrected chi connectivity index (χ1v) is 8.01. The summed E-state index contributed by atoms with van der Waals surface area (Å²) in [6.07, 6.45) is 5.15. The summed E-state index contributed by atoms with van der Waals surface area (Å²) in [5.41, 5.74) is 1.44. The molecule has 0 saturated carbocycles. The van der Waals surface area contributed by atoms with Crippen molar-refractivity contribution in [1.82, 2.24) is 10.3 Å². The van der Waals surface area contributed by atoms with Crippen LogP contribution in [0.15, 0.2) is 5.38 Å². The molecule has 0 amide bonds. The Morgan fingerprint density at radius 3 is 2.72 bits per heavy atom. The number of hydrogen-bond donors (Lipinski definition) is 1. The number of thiazole rings is 1. The molecule has 1 N–H and O–H groups in total. The summed E-state index contributed by atoms with van der Waals surface area (Å²) in [5, 5.41) is 7.13. The van der Waals surface area contributed by atoms with Gasteiger partial charge in [-0.05, 0) is 45.1 Å². The molecular weight excluding hydrogens is 240 g/mol. The highest BCUT2D eigenvalue weighted by molar-refractivity contribution is 7.09. The van der Waals surface area contributed by atoms with Gasteiger partial charge >= 0.3 is 0 Å². The maximum Gasteiger partial charge on any atom is 0.0928 e. The molecule has 1 aromatic heterocycles. The molecule has 0 bridgehead atoms. The normalized spacial score (nSPS) is 25.3. The Bertz CT molecular complexity index is 370. The Labute approximate surface area is 115 Å². The lowest BCUT2D eigenvalue weighted by Gasteiger charge is -2.27. The summed E-state index contributed by atoms with van der Waals surface area (Å²) in [4.78, 5) is 4.78. The maximum absolute atomic E-state index is 4.78. The minimum Gasteiger partial charge on any atom is -0.314 e. The predicted molar refractivity (Wildman–Crippen MR) is 79.3 cm³/mol. The molecular formula is C15H26N2S. The Morgan fingerprint density at radius 2 is 2.17 bits per heavy atom. The van der Waals surface area contributed by atoms with Crippen LogP contribution in [-0.2, 0) is 11.8 Å². The number of nitrogens with zero attached hydrogens (tertiary/aromatic N) is 1. The van der Waals surface area contributed by atoms with Gasteiger partial charge in [-0.15, -0.1) is 11.3 Å². The molecule has 102 valence electrons. The second-order valence-corrected chi connectivity index (χ2v) is 7.61. The van der Waals surface area contributed by atoms with Crippen LogP contribution in [0.1, 0.15) is 57.7 Å². The minimum atomic E-state index is 0.191. The average molecular weight is 266 g/mol. The Morgan fingerprint density at radius 1 is 1.39 bits per heavy atom.